The minimum Gasteiger partial charge on any atom is -0.395 e. The minimum atomic E-state index is 0.151. The van der Waals surface area contributed by atoms with Crippen molar-refractivity contribution in [1.82, 2.24) is 24.6 Å². The van der Waals surface area contributed by atoms with Gasteiger partial charge in [-0.3, -0.25) is 9.58 Å². The zero-order valence-corrected chi connectivity index (χ0v) is 11.5. The number of nitrogens with zero attached hydrogens (tertiary/aromatic N) is 5. The number of aryl methyl sites for hydroxylation is 1. The van der Waals surface area contributed by atoms with Gasteiger partial charge in [0.05, 0.1) is 24.7 Å². The van der Waals surface area contributed by atoms with Gasteiger partial charge >= 0.3 is 0 Å². The number of hydrogen-bond acceptors (Lipinski definition) is 5. The lowest BCUT2D eigenvalue weighted by Gasteiger charge is -2.19. The molecule has 2 aromatic heterocycles. The van der Waals surface area contributed by atoms with E-state index < -0.39 is 0 Å². The largest absolute Gasteiger partial charge is 0.395 e. The Labute approximate surface area is 116 Å². The molecule has 19 heavy (non-hydrogen) atoms. The summed E-state index contributed by atoms with van der Waals surface area (Å²) in [5.41, 5.74) is 0.745. The lowest BCUT2D eigenvalue weighted by molar-refractivity contribution is 0.180. The second kappa shape index (κ2) is 5.03. The highest BCUT2D eigenvalue weighted by Crippen LogP contribution is 2.28. The lowest BCUT2D eigenvalue weighted by atomic mass is 10.4. The molecule has 1 N–H and O–H groups in total. The van der Waals surface area contributed by atoms with Gasteiger partial charge in [0.15, 0.2) is 5.65 Å². The summed E-state index contributed by atoms with van der Waals surface area (Å²) in [6.45, 7) is 1.42. The summed E-state index contributed by atoms with van der Waals surface area (Å²) in [7, 11) is 1.84. The van der Waals surface area contributed by atoms with Crippen molar-refractivity contribution < 1.29 is 5.11 Å². The molecule has 0 radical (unpaired) electrons. The topological polar surface area (TPSA) is 67.1 Å². The van der Waals surface area contributed by atoms with E-state index in [1.807, 2.05) is 7.05 Å². The Morgan fingerprint density at radius 1 is 1.47 bits per heavy atom. The van der Waals surface area contributed by atoms with Gasteiger partial charge in [0.25, 0.3) is 0 Å². The van der Waals surface area contributed by atoms with Gasteiger partial charge in [-0.15, -0.1) is 0 Å². The monoisotopic (exact) mass is 281 g/mol. The first-order valence-electron chi connectivity index (χ1n) is 6.38. The van der Waals surface area contributed by atoms with Crippen LogP contribution < -0.4 is 0 Å². The van der Waals surface area contributed by atoms with E-state index >= 15 is 0 Å². The number of aromatic nitrogens is 4. The molecule has 0 spiro atoms. The predicted molar refractivity (Wildman–Crippen MR) is 71.8 cm³/mol. The molecule has 2 heterocycles. The van der Waals surface area contributed by atoms with Crippen molar-refractivity contribution in [2.45, 2.75) is 25.4 Å². The van der Waals surface area contributed by atoms with Crippen LogP contribution in [0.1, 0.15) is 18.7 Å². The van der Waals surface area contributed by atoms with Gasteiger partial charge in [0.1, 0.15) is 11.0 Å². The summed E-state index contributed by atoms with van der Waals surface area (Å²) in [6.07, 6.45) is 4.04. The molecule has 3 rings (SSSR count). The van der Waals surface area contributed by atoms with Crippen LogP contribution >= 0.6 is 11.6 Å². The Hall–Kier alpha value is -1.24. The van der Waals surface area contributed by atoms with E-state index in [2.05, 4.69) is 20.0 Å². The molecule has 0 aliphatic heterocycles. The fraction of sp³-hybridized carbons (Fsp3) is 0.583. The fourth-order valence-corrected chi connectivity index (χ4v) is 2.47. The molecule has 1 aliphatic carbocycles. The first kappa shape index (κ1) is 12.8. The number of halogens is 1. The van der Waals surface area contributed by atoms with Crippen LogP contribution in [0.5, 0.6) is 0 Å². The Morgan fingerprint density at radius 2 is 2.26 bits per heavy atom. The van der Waals surface area contributed by atoms with Crippen molar-refractivity contribution in [3.8, 4) is 0 Å². The number of aliphatic hydroxyl groups is 1. The summed E-state index contributed by atoms with van der Waals surface area (Å²) in [5.74, 6) is 0.682. The van der Waals surface area contributed by atoms with Crippen LogP contribution in [-0.4, -0.2) is 48.9 Å². The van der Waals surface area contributed by atoms with Crippen LogP contribution in [0.25, 0.3) is 11.0 Å². The van der Waals surface area contributed by atoms with Gasteiger partial charge in [0.2, 0.25) is 0 Å². The van der Waals surface area contributed by atoms with E-state index in [0.29, 0.717) is 30.1 Å². The van der Waals surface area contributed by atoms with Crippen LogP contribution in [0, 0.1) is 0 Å². The van der Waals surface area contributed by atoms with Crippen LogP contribution in [0.15, 0.2) is 6.20 Å². The van der Waals surface area contributed by atoms with Crippen molar-refractivity contribution in [2.75, 3.05) is 13.2 Å². The third kappa shape index (κ3) is 2.56. The van der Waals surface area contributed by atoms with Gasteiger partial charge in [-0.05, 0) is 12.8 Å². The van der Waals surface area contributed by atoms with Crippen molar-refractivity contribution in [2.24, 2.45) is 7.05 Å². The van der Waals surface area contributed by atoms with Crippen LogP contribution in [-0.2, 0) is 13.6 Å². The minimum absolute atomic E-state index is 0.151. The Bertz CT molecular complexity index is 595. The molecule has 0 aromatic carbocycles. The van der Waals surface area contributed by atoms with Crippen LogP contribution in [0.3, 0.4) is 0 Å². The summed E-state index contributed by atoms with van der Waals surface area (Å²) >= 11 is 6.16. The molecule has 1 saturated carbocycles. The van der Waals surface area contributed by atoms with Gasteiger partial charge in [-0.25, -0.2) is 9.97 Å². The lowest BCUT2D eigenvalue weighted by Crippen LogP contribution is -2.29. The highest BCUT2D eigenvalue weighted by molar-refractivity contribution is 6.33. The van der Waals surface area contributed by atoms with E-state index in [9.17, 15) is 0 Å². The van der Waals surface area contributed by atoms with Gasteiger partial charge in [-0.1, -0.05) is 11.6 Å². The molecule has 0 saturated heterocycles. The average molecular weight is 282 g/mol. The first-order chi connectivity index (χ1) is 9.19. The van der Waals surface area contributed by atoms with E-state index in [4.69, 9.17) is 16.7 Å². The Morgan fingerprint density at radius 3 is 2.95 bits per heavy atom. The average Bonchev–Trinajstić information content (AvgIpc) is 3.15. The smallest absolute Gasteiger partial charge is 0.162 e. The maximum atomic E-state index is 9.11. The van der Waals surface area contributed by atoms with E-state index in [1.54, 1.807) is 10.9 Å². The predicted octanol–water partition coefficient (Wildman–Crippen LogP) is 0.973. The van der Waals surface area contributed by atoms with Gasteiger partial charge in [-0.2, -0.15) is 5.10 Å². The summed E-state index contributed by atoms with van der Waals surface area (Å²) < 4.78 is 1.69. The second-order valence-electron chi connectivity index (χ2n) is 4.86. The number of fused-ring (bicyclic) bond motifs is 1. The number of aliphatic hydroxyl groups excluding tert-OH is 1. The maximum Gasteiger partial charge on any atom is 0.162 e. The van der Waals surface area contributed by atoms with Crippen molar-refractivity contribution in [3.63, 3.8) is 0 Å². The van der Waals surface area contributed by atoms with E-state index in [1.165, 1.54) is 12.8 Å². The SMILES string of the molecule is Cn1ncc2c(Cl)nc(CN(CCO)C3CC3)nc21. The van der Waals surface area contributed by atoms with Crippen LogP contribution in [0.2, 0.25) is 5.15 Å². The zero-order valence-electron chi connectivity index (χ0n) is 10.8. The number of hydrogen-bond donors (Lipinski definition) is 1. The molecular formula is C12H16ClN5O. The standard InChI is InChI=1S/C12H16ClN5O/c1-17-12-9(6-14-17)11(13)15-10(16-12)7-18(4-5-19)8-2-3-8/h6,8,19H,2-5,7H2,1H3. The molecule has 0 bridgehead atoms. The van der Waals surface area contributed by atoms with Crippen molar-refractivity contribution in [3.05, 3.63) is 17.2 Å². The molecule has 2 aromatic rings. The third-order valence-electron chi connectivity index (χ3n) is 3.39. The number of rotatable bonds is 5. The van der Waals surface area contributed by atoms with Crippen LogP contribution in [0.4, 0.5) is 0 Å². The summed E-state index contributed by atoms with van der Waals surface area (Å²) in [5, 5.41) is 14.5. The highest BCUT2D eigenvalue weighted by Gasteiger charge is 2.29. The molecule has 7 heteroatoms. The molecule has 6 nitrogen and oxygen atoms in total. The van der Waals surface area contributed by atoms with E-state index in [0.717, 1.165) is 11.0 Å². The molecule has 1 fully saturated rings. The Kier molecular flexibility index (Phi) is 3.38. The van der Waals surface area contributed by atoms with Gasteiger partial charge < -0.3 is 5.11 Å². The zero-order chi connectivity index (χ0) is 13.4. The Balaban J connectivity index is 1.89. The van der Waals surface area contributed by atoms with Gasteiger partial charge in [0, 0.05) is 19.6 Å². The highest BCUT2D eigenvalue weighted by atomic mass is 35.5. The second-order valence-corrected chi connectivity index (χ2v) is 5.22. The third-order valence-corrected chi connectivity index (χ3v) is 3.68. The summed E-state index contributed by atoms with van der Waals surface area (Å²) in [4.78, 5) is 11.0. The summed E-state index contributed by atoms with van der Waals surface area (Å²) in [6, 6.07) is 0.553. The molecule has 1 aliphatic rings. The first-order valence-corrected chi connectivity index (χ1v) is 6.76. The fourth-order valence-electron chi connectivity index (χ4n) is 2.24. The quantitative estimate of drug-likeness (QED) is 0.828. The molecular weight excluding hydrogens is 266 g/mol. The molecule has 0 amide bonds. The van der Waals surface area contributed by atoms with Crippen molar-refractivity contribution in [1.29, 1.82) is 0 Å². The maximum absolute atomic E-state index is 9.11. The van der Waals surface area contributed by atoms with E-state index in [-0.39, 0.29) is 6.61 Å². The molecule has 0 atom stereocenters. The molecule has 0 unspecified atom stereocenters. The molecule has 102 valence electrons. The van der Waals surface area contributed by atoms with Crippen molar-refractivity contribution >= 4 is 22.6 Å². The normalized spacial score (nSPS) is 15.6.